The lowest BCUT2D eigenvalue weighted by molar-refractivity contribution is 0.0671. The van der Waals surface area contributed by atoms with E-state index in [2.05, 4.69) is 55.9 Å². The van der Waals surface area contributed by atoms with E-state index < -0.39 is 8.32 Å². The maximum Gasteiger partial charge on any atom is 0.185 e. The van der Waals surface area contributed by atoms with E-state index in [1.165, 1.54) is 23.5 Å². The van der Waals surface area contributed by atoms with Crippen molar-refractivity contribution in [3.8, 4) is 12.3 Å². The topological polar surface area (TPSA) is 9.23 Å². The molecule has 1 aromatic carbocycles. The van der Waals surface area contributed by atoms with Gasteiger partial charge in [-0.3, -0.25) is 0 Å². The highest BCUT2D eigenvalue weighted by atomic mass is 32.2. The molecule has 1 aliphatic rings. The van der Waals surface area contributed by atoms with E-state index in [0.717, 1.165) is 12.8 Å². The second-order valence-electron chi connectivity index (χ2n) is 6.60. The molecule has 0 bridgehead atoms. The molecule has 1 heterocycles. The molecule has 0 aliphatic carbocycles. The fourth-order valence-corrected chi connectivity index (χ4v) is 7.78. The summed E-state index contributed by atoms with van der Waals surface area (Å²) in [5.41, 5.74) is 1.04. The Bertz CT molecular complexity index is 500. The van der Waals surface area contributed by atoms with Crippen molar-refractivity contribution in [2.24, 2.45) is 0 Å². The van der Waals surface area contributed by atoms with Crippen LogP contribution in [0.3, 0.4) is 0 Å². The van der Waals surface area contributed by atoms with Crippen molar-refractivity contribution < 1.29 is 4.43 Å². The van der Waals surface area contributed by atoms with Gasteiger partial charge in [0.05, 0.1) is 4.58 Å². The molecular weight excluding hydrogens is 324 g/mol. The van der Waals surface area contributed by atoms with Gasteiger partial charge >= 0.3 is 0 Å². The van der Waals surface area contributed by atoms with Gasteiger partial charge < -0.3 is 4.43 Å². The van der Waals surface area contributed by atoms with Crippen LogP contribution in [0.4, 0.5) is 0 Å². The van der Waals surface area contributed by atoms with E-state index in [0.29, 0.717) is 4.58 Å². The number of benzene rings is 1. The Morgan fingerprint density at radius 3 is 2.41 bits per heavy atom. The van der Waals surface area contributed by atoms with Crippen molar-refractivity contribution >= 4 is 31.8 Å². The molecule has 1 aliphatic heterocycles. The predicted octanol–water partition coefficient (Wildman–Crippen LogP) is 5.34. The molecule has 0 spiro atoms. The van der Waals surface area contributed by atoms with Crippen LogP contribution in [-0.4, -0.2) is 24.4 Å². The zero-order valence-electron chi connectivity index (χ0n) is 13.8. The van der Waals surface area contributed by atoms with Gasteiger partial charge in [0.15, 0.2) is 8.32 Å². The largest absolute Gasteiger partial charge is 0.406 e. The molecule has 4 heteroatoms. The minimum absolute atomic E-state index is 0.256. The molecule has 0 amide bonds. The third-order valence-electron chi connectivity index (χ3n) is 3.60. The van der Waals surface area contributed by atoms with Gasteiger partial charge in [-0.2, -0.15) is 0 Å². The Balaban J connectivity index is 2.44. The monoisotopic (exact) mass is 350 g/mol. The van der Waals surface area contributed by atoms with Crippen molar-refractivity contribution in [2.75, 3.05) is 11.5 Å². The van der Waals surface area contributed by atoms with E-state index in [9.17, 15) is 0 Å². The van der Waals surface area contributed by atoms with Crippen LogP contribution >= 0.6 is 23.5 Å². The first-order valence-corrected chi connectivity index (χ1v) is 13.4. The SMILES string of the molecule is C#CCCC(O[Si](C)(C)C)(c1ccccc1)C1SCCCS1. The van der Waals surface area contributed by atoms with Gasteiger partial charge in [-0.1, -0.05) is 30.3 Å². The van der Waals surface area contributed by atoms with Crippen LogP contribution in [0.25, 0.3) is 0 Å². The van der Waals surface area contributed by atoms with E-state index in [-0.39, 0.29) is 5.60 Å². The second kappa shape index (κ2) is 7.96. The molecule has 1 saturated heterocycles. The molecule has 1 atom stereocenters. The van der Waals surface area contributed by atoms with E-state index in [4.69, 9.17) is 10.8 Å². The summed E-state index contributed by atoms with van der Waals surface area (Å²) in [6, 6.07) is 10.7. The maximum absolute atomic E-state index is 6.85. The van der Waals surface area contributed by atoms with Crippen molar-refractivity contribution in [3.05, 3.63) is 35.9 Å². The van der Waals surface area contributed by atoms with Gasteiger partial charge in [-0.05, 0) is 49.6 Å². The minimum Gasteiger partial charge on any atom is -0.406 e. The first-order chi connectivity index (χ1) is 10.5. The number of hydrogen-bond acceptors (Lipinski definition) is 3. The molecule has 22 heavy (non-hydrogen) atoms. The summed E-state index contributed by atoms with van der Waals surface area (Å²) in [4.78, 5) is 0. The third kappa shape index (κ3) is 4.58. The number of thioether (sulfide) groups is 2. The van der Waals surface area contributed by atoms with E-state index >= 15 is 0 Å². The van der Waals surface area contributed by atoms with Crippen LogP contribution in [0.15, 0.2) is 30.3 Å². The van der Waals surface area contributed by atoms with Gasteiger partial charge in [0.25, 0.3) is 0 Å². The van der Waals surface area contributed by atoms with Crippen molar-refractivity contribution in [2.45, 2.75) is 49.1 Å². The lowest BCUT2D eigenvalue weighted by Crippen LogP contribution is -2.47. The van der Waals surface area contributed by atoms with Crippen LogP contribution in [0.5, 0.6) is 0 Å². The number of terminal acetylenes is 1. The maximum atomic E-state index is 6.85. The molecule has 1 fully saturated rings. The Labute approximate surface area is 145 Å². The van der Waals surface area contributed by atoms with Crippen molar-refractivity contribution in [1.82, 2.24) is 0 Å². The summed E-state index contributed by atoms with van der Waals surface area (Å²) in [5.74, 6) is 5.27. The van der Waals surface area contributed by atoms with Gasteiger partial charge in [0, 0.05) is 6.42 Å². The van der Waals surface area contributed by atoms with Gasteiger partial charge in [-0.25, -0.2) is 0 Å². The third-order valence-corrected chi connectivity index (χ3v) is 7.81. The summed E-state index contributed by atoms with van der Waals surface area (Å²) in [6.07, 6.45) is 8.56. The summed E-state index contributed by atoms with van der Waals surface area (Å²) >= 11 is 4.10. The first-order valence-electron chi connectivity index (χ1n) is 7.90. The van der Waals surface area contributed by atoms with Crippen molar-refractivity contribution in [3.63, 3.8) is 0 Å². The Hall–Kier alpha value is -0.343. The standard InChI is InChI=1S/C18H26OS2Si/c1-5-6-13-18(19-22(2,3)4,16-11-8-7-9-12-16)17-20-14-10-15-21-17/h1,7-9,11-12,17H,6,10,13-15H2,2-4H3. The number of hydrogen-bond donors (Lipinski definition) is 0. The average Bonchev–Trinajstić information content (AvgIpc) is 2.52. The molecular formula is C18H26OS2Si. The van der Waals surface area contributed by atoms with E-state index in [1.54, 1.807) is 0 Å². The molecule has 1 unspecified atom stereocenters. The zero-order chi connectivity index (χ0) is 16.1. The summed E-state index contributed by atoms with van der Waals surface area (Å²) in [5, 5.41) is 0. The Morgan fingerprint density at radius 1 is 1.23 bits per heavy atom. The highest BCUT2D eigenvalue weighted by Crippen LogP contribution is 2.49. The fourth-order valence-electron chi connectivity index (χ4n) is 2.84. The highest BCUT2D eigenvalue weighted by Gasteiger charge is 2.45. The van der Waals surface area contributed by atoms with Gasteiger partial charge in [-0.15, -0.1) is 35.9 Å². The Morgan fingerprint density at radius 2 is 1.86 bits per heavy atom. The molecule has 1 aromatic rings. The molecule has 1 nitrogen and oxygen atoms in total. The van der Waals surface area contributed by atoms with Gasteiger partial charge in [0.1, 0.15) is 5.60 Å². The summed E-state index contributed by atoms with van der Waals surface area (Å²) in [6.45, 7) is 6.83. The van der Waals surface area contributed by atoms with Crippen molar-refractivity contribution in [1.29, 1.82) is 0 Å². The lowest BCUT2D eigenvalue weighted by atomic mass is 9.91. The fraction of sp³-hybridized carbons (Fsp3) is 0.556. The van der Waals surface area contributed by atoms with E-state index in [1.807, 2.05) is 23.5 Å². The highest BCUT2D eigenvalue weighted by molar-refractivity contribution is 8.17. The van der Waals surface area contributed by atoms with Crippen LogP contribution in [0.2, 0.25) is 19.6 Å². The second-order valence-corrected chi connectivity index (χ2v) is 13.8. The lowest BCUT2D eigenvalue weighted by Gasteiger charge is -2.45. The molecule has 0 N–H and O–H groups in total. The molecule has 0 aromatic heterocycles. The van der Waals surface area contributed by atoms with Crippen LogP contribution in [0.1, 0.15) is 24.8 Å². The quantitative estimate of drug-likeness (QED) is 0.506. The van der Waals surface area contributed by atoms with Crippen LogP contribution < -0.4 is 0 Å². The van der Waals surface area contributed by atoms with Crippen LogP contribution in [0, 0.1) is 12.3 Å². The summed E-state index contributed by atoms with van der Waals surface area (Å²) < 4.78 is 7.29. The predicted molar refractivity (Wildman–Crippen MR) is 104 cm³/mol. The smallest absolute Gasteiger partial charge is 0.185 e. The van der Waals surface area contributed by atoms with Gasteiger partial charge in [0.2, 0.25) is 0 Å². The summed E-state index contributed by atoms with van der Waals surface area (Å²) in [7, 11) is -1.70. The normalized spacial score (nSPS) is 19.4. The average molecular weight is 351 g/mol. The zero-order valence-corrected chi connectivity index (χ0v) is 16.4. The van der Waals surface area contributed by atoms with Crippen LogP contribution in [-0.2, 0) is 10.0 Å². The minimum atomic E-state index is -1.70. The molecule has 2 rings (SSSR count). The molecule has 0 radical (unpaired) electrons. The Kier molecular flexibility index (Phi) is 6.52. The molecule has 120 valence electrons. The first kappa shape index (κ1) is 18.0. The molecule has 0 saturated carbocycles. The number of rotatable bonds is 6.